The number of carbonyl (C=O) groups is 1. The lowest BCUT2D eigenvalue weighted by atomic mass is 10.0. The minimum atomic E-state index is -1.01. The molecule has 0 aliphatic rings. The summed E-state index contributed by atoms with van der Waals surface area (Å²) < 4.78 is 11.5. The van der Waals surface area contributed by atoms with Gasteiger partial charge < -0.3 is 19.9 Å². The minimum Gasteiger partial charge on any atom is -0.497 e. The van der Waals surface area contributed by atoms with Gasteiger partial charge in [0.1, 0.15) is 23.1 Å². The first-order valence-electron chi connectivity index (χ1n) is 10.9. The van der Waals surface area contributed by atoms with Gasteiger partial charge in [0.2, 0.25) is 0 Å². The molecule has 7 nitrogen and oxygen atoms in total. The molecule has 0 saturated heterocycles. The Morgan fingerprint density at radius 2 is 1.71 bits per heavy atom. The van der Waals surface area contributed by atoms with Crippen LogP contribution in [0.4, 0.5) is 22.0 Å². The van der Waals surface area contributed by atoms with E-state index in [9.17, 15) is 9.90 Å². The van der Waals surface area contributed by atoms with Crippen LogP contribution in [-0.4, -0.2) is 28.8 Å². The number of hydrogen-bond donors (Lipinski definition) is 2. The Morgan fingerprint density at radius 1 is 0.941 bits per heavy atom. The van der Waals surface area contributed by atoms with Gasteiger partial charge in [-0.05, 0) is 51.1 Å². The fourth-order valence-electron chi connectivity index (χ4n) is 3.81. The van der Waals surface area contributed by atoms with Gasteiger partial charge in [-0.25, -0.2) is 9.78 Å². The molecule has 4 aromatic rings. The third kappa shape index (κ3) is 4.88. The molecule has 0 bridgehead atoms. The zero-order valence-electron chi connectivity index (χ0n) is 19.6. The van der Waals surface area contributed by atoms with Crippen LogP contribution >= 0.6 is 0 Å². The van der Waals surface area contributed by atoms with Gasteiger partial charge in [0.05, 0.1) is 12.8 Å². The van der Waals surface area contributed by atoms with Crippen LogP contribution in [0.15, 0.2) is 79.0 Å². The monoisotopic (exact) mass is 457 g/mol. The van der Waals surface area contributed by atoms with Gasteiger partial charge in [0, 0.05) is 40.3 Å². The van der Waals surface area contributed by atoms with Crippen LogP contribution in [0.3, 0.4) is 0 Å². The van der Waals surface area contributed by atoms with Crippen molar-refractivity contribution in [2.75, 3.05) is 17.3 Å². The highest BCUT2D eigenvalue weighted by molar-refractivity contribution is 6.04. The number of carboxylic acid groups (broad SMARTS) is 1. The number of aromatic nitrogens is 1. The van der Waals surface area contributed by atoms with E-state index in [4.69, 9.17) is 9.47 Å². The third-order valence-corrected chi connectivity index (χ3v) is 5.27. The Hall–Kier alpha value is -4.26. The molecule has 1 heterocycles. The van der Waals surface area contributed by atoms with Crippen LogP contribution in [-0.2, 0) is 0 Å². The van der Waals surface area contributed by atoms with Crippen molar-refractivity contribution in [1.29, 1.82) is 0 Å². The number of anilines is 3. The van der Waals surface area contributed by atoms with E-state index in [1.54, 1.807) is 37.6 Å². The van der Waals surface area contributed by atoms with Crippen molar-refractivity contribution in [3.05, 3.63) is 79.0 Å². The molecule has 0 fully saturated rings. The lowest BCUT2D eigenvalue weighted by Gasteiger charge is -2.34. The summed E-state index contributed by atoms with van der Waals surface area (Å²) in [6.07, 6.45) is 0.661. The summed E-state index contributed by atoms with van der Waals surface area (Å²) in [6.45, 7) is 5.61. The Morgan fingerprint density at radius 3 is 2.41 bits per heavy atom. The number of fused-ring (bicyclic) bond motifs is 1. The molecule has 2 N–H and O–H groups in total. The molecule has 4 rings (SSSR count). The van der Waals surface area contributed by atoms with Crippen LogP contribution in [0.2, 0.25) is 0 Å². The van der Waals surface area contributed by atoms with E-state index in [0.717, 1.165) is 22.2 Å². The fraction of sp³-hybridized carbons (Fsp3) is 0.185. The summed E-state index contributed by atoms with van der Waals surface area (Å²) in [5.41, 5.74) is 0.843. The van der Waals surface area contributed by atoms with Gasteiger partial charge in [-0.2, -0.15) is 0 Å². The maximum Gasteiger partial charge on any atom is 0.412 e. The van der Waals surface area contributed by atoms with Gasteiger partial charge in [-0.1, -0.05) is 30.3 Å². The number of benzene rings is 3. The smallest absolute Gasteiger partial charge is 0.412 e. The Labute approximate surface area is 198 Å². The summed E-state index contributed by atoms with van der Waals surface area (Å²) in [6, 6.07) is 22.4. The number of amides is 1. The highest BCUT2D eigenvalue weighted by Gasteiger charge is 2.29. The van der Waals surface area contributed by atoms with Crippen molar-refractivity contribution in [2.45, 2.75) is 26.3 Å². The van der Waals surface area contributed by atoms with Crippen LogP contribution in [0.5, 0.6) is 17.2 Å². The maximum atomic E-state index is 12.1. The number of rotatable bonds is 6. The number of nitrogens with zero attached hydrogens (tertiary/aromatic N) is 2. The summed E-state index contributed by atoms with van der Waals surface area (Å²) in [5.74, 6) is 2.59. The molecule has 0 unspecified atom stereocenters. The summed E-state index contributed by atoms with van der Waals surface area (Å²) in [5, 5.41) is 14.7. The second kappa shape index (κ2) is 9.31. The molecule has 7 heteroatoms. The van der Waals surface area contributed by atoms with Crippen LogP contribution in [0.1, 0.15) is 20.8 Å². The van der Waals surface area contributed by atoms with Crippen LogP contribution in [0.25, 0.3) is 10.8 Å². The van der Waals surface area contributed by atoms with E-state index >= 15 is 0 Å². The van der Waals surface area contributed by atoms with E-state index in [1.807, 2.05) is 69.3 Å². The molecule has 1 aromatic heterocycles. The molecule has 0 radical (unpaired) electrons. The SMILES string of the molecule is COc1cccc(Nc2cc(Oc3ccc(N(C(=O)O)C(C)(C)C)c4ccccc34)ccn2)c1. The van der Waals surface area contributed by atoms with E-state index < -0.39 is 11.6 Å². The van der Waals surface area contributed by atoms with Crippen molar-refractivity contribution < 1.29 is 19.4 Å². The van der Waals surface area contributed by atoms with Gasteiger partial charge in [-0.15, -0.1) is 0 Å². The molecular formula is C27H27N3O4. The molecule has 34 heavy (non-hydrogen) atoms. The Kier molecular flexibility index (Phi) is 6.27. The highest BCUT2D eigenvalue weighted by Crippen LogP contribution is 2.38. The second-order valence-corrected chi connectivity index (χ2v) is 8.75. The predicted octanol–water partition coefficient (Wildman–Crippen LogP) is 7.06. The predicted molar refractivity (Wildman–Crippen MR) is 135 cm³/mol. The molecule has 3 aromatic carbocycles. The average molecular weight is 458 g/mol. The van der Waals surface area contributed by atoms with Crippen molar-refractivity contribution in [1.82, 2.24) is 4.98 Å². The molecule has 1 amide bonds. The number of hydrogen-bond acceptors (Lipinski definition) is 5. The summed E-state index contributed by atoms with van der Waals surface area (Å²) in [4.78, 5) is 17.8. The molecule has 174 valence electrons. The second-order valence-electron chi connectivity index (χ2n) is 8.75. The van der Waals surface area contributed by atoms with Crippen LogP contribution in [0, 0.1) is 0 Å². The zero-order valence-corrected chi connectivity index (χ0v) is 19.6. The molecule has 0 aliphatic heterocycles. The standard InChI is InChI=1S/C27H27N3O4/c1-27(2,3)30(26(31)32)23-12-13-24(22-11-6-5-10-21(22)23)34-20-14-15-28-25(17-20)29-18-8-7-9-19(16-18)33-4/h5-17H,1-4H3,(H,28,29)(H,31,32). The van der Waals surface area contributed by atoms with Crippen molar-refractivity contribution in [2.24, 2.45) is 0 Å². The maximum absolute atomic E-state index is 12.1. The van der Waals surface area contributed by atoms with E-state index in [0.29, 0.717) is 23.0 Å². The largest absolute Gasteiger partial charge is 0.497 e. The third-order valence-electron chi connectivity index (χ3n) is 5.27. The van der Waals surface area contributed by atoms with Gasteiger partial charge in [-0.3, -0.25) is 4.90 Å². The van der Waals surface area contributed by atoms with Gasteiger partial charge in [0.15, 0.2) is 0 Å². The van der Waals surface area contributed by atoms with E-state index in [2.05, 4.69) is 10.3 Å². The number of pyridine rings is 1. The first-order chi connectivity index (χ1) is 16.3. The van der Waals surface area contributed by atoms with Crippen molar-refractivity contribution in [3.8, 4) is 17.2 Å². The average Bonchev–Trinajstić information content (AvgIpc) is 2.80. The lowest BCUT2D eigenvalue weighted by molar-refractivity contribution is 0.195. The molecule has 0 saturated carbocycles. The molecule has 0 spiro atoms. The van der Waals surface area contributed by atoms with E-state index in [-0.39, 0.29) is 0 Å². The number of nitrogens with one attached hydrogen (secondary N) is 1. The first kappa shape index (κ1) is 22.9. The van der Waals surface area contributed by atoms with Crippen LogP contribution < -0.4 is 19.7 Å². The van der Waals surface area contributed by atoms with E-state index in [1.165, 1.54) is 4.90 Å². The number of methoxy groups -OCH3 is 1. The fourth-order valence-corrected chi connectivity index (χ4v) is 3.81. The topological polar surface area (TPSA) is 83.9 Å². The highest BCUT2D eigenvalue weighted by atomic mass is 16.5. The lowest BCUT2D eigenvalue weighted by Crippen LogP contribution is -2.45. The molecular weight excluding hydrogens is 430 g/mol. The summed E-state index contributed by atoms with van der Waals surface area (Å²) >= 11 is 0. The Bertz CT molecular complexity index is 1330. The normalized spacial score (nSPS) is 11.2. The zero-order chi connectivity index (χ0) is 24.3. The molecule has 0 atom stereocenters. The number of ether oxygens (including phenoxy) is 2. The first-order valence-corrected chi connectivity index (χ1v) is 10.9. The quantitative estimate of drug-likeness (QED) is 0.322. The van der Waals surface area contributed by atoms with Crippen molar-refractivity contribution in [3.63, 3.8) is 0 Å². The summed E-state index contributed by atoms with van der Waals surface area (Å²) in [7, 11) is 1.62. The van der Waals surface area contributed by atoms with Crippen molar-refractivity contribution >= 4 is 34.1 Å². The van der Waals surface area contributed by atoms with Gasteiger partial charge >= 0.3 is 6.09 Å². The molecule has 0 aliphatic carbocycles. The minimum absolute atomic E-state index is 0.601. The Balaban J connectivity index is 1.67. The van der Waals surface area contributed by atoms with Gasteiger partial charge in [0.25, 0.3) is 0 Å².